The number of carbonyl (C=O) groups is 3. The van der Waals surface area contributed by atoms with E-state index in [1.165, 1.54) is 7.11 Å². The zero-order valence-electron chi connectivity index (χ0n) is 16.4. The Hall–Kier alpha value is -3.93. The van der Waals surface area contributed by atoms with Gasteiger partial charge in [-0.05, 0) is 41.5 Å². The SMILES string of the molecule is COC(=O)c1ccc(NC(=O)[C@H](c2ccccc2)N2Cc3ccccc3C2=O)cc1. The van der Waals surface area contributed by atoms with Crippen LogP contribution in [-0.2, 0) is 16.1 Å². The van der Waals surface area contributed by atoms with E-state index in [2.05, 4.69) is 5.32 Å². The van der Waals surface area contributed by atoms with Crippen LogP contribution in [0.15, 0.2) is 78.9 Å². The van der Waals surface area contributed by atoms with Crippen molar-refractivity contribution >= 4 is 23.5 Å². The van der Waals surface area contributed by atoms with Crippen LogP contribution in [0.3, 0.4) is 0 Å². The number of amides is 2. The van der Waals surface area contributed by atoms with Gasteiger partial charge in [0.2, 0.25) is 0 Å². The summed E-state index contributed by atoms with van der Waals surface area (Å²) in [7, 11) is 1.31. The van der Waals surface area contributed by atoms with Crippen LogP contribution in [0.1, 0.15) is 37.9 Å². The number of hydrogen-bond acceptors (Lipinski definition) is 4. The Bertz CT molecular complexity index is 1090. The average Bonchev–Trinajstić information content (AvgIpc) is 3.11. The summed E-state index contributed by atoms with van der Waals surface area (Å²) in [5.41, 5.74) is 3.16. The molecule has 0 unspecified atom stereocenters. The van der Waals surface area contributed by atoms with Gasteiger partial charge in [0.05, 0.1) is 12.7 Å². The maximum absolute atomic E-state index is 13.3. The van der Waals surface area contributed by atoms with E-state index >= 15 is 0 Å². The van der Waals surface area contributed by atoms with Crippen LogP contribution in [0.4, 0.5) is 5.69 Å². The Morgan fingerprint density at radius 2 is 1.60 bits per heavy atom. The molecule has 1 N–H and O–H groups in total. The van der Waals surface area contributed by atoms with Crippen molar-refractivity contribution in [2.75, 3.05) is 12.4 Å². The summed E-state index contributed by atoms with van der Waals surface area (Å²) in [6, 6.07) is 22.2. The number of carbonyl (C=O) groups excluding carboxylic acids is 3. The van der Waals surface area contributed by atoms with E-state index in [1.54, 1.807) is 35.2 Å². The fourth-order valence-electron chi connectivity index (χ4n) is 3.61. The minimum absolute atomic E-state index is 0.171. The first-order valence-corrected chi connectivity index (χ1v) is 9.51. The lowest BCUT2D eigenvalue weighted by Crippen LogP contribution is -2.37. The fourth-order valence-corrected chi connectivity index (χ4v) is 3.61. The quantitative estimate of drug-likeness (QED) is 0.661. The molecule has 30 heavy (non-hydrogen) atoms. The first kappa shape index (κ1) is 19.4. The summed E-state index contributed by atoms with van der Waals surface area (Å²) in [6.45, 7) is 0.364. The standard InChI is InChI=1S/C24H20N2O4/c1-30-24(29)17-11-13-19(14-12-17)25-22(27)21(16-7-3-2-4-8-16)26-15-18-9-5-6-10-20(18)23(26)28/h2-14,21H,15H2,1H3,(H,25,27)/t21-/m0/s1. The van der Waals surface area contributed by atoms with Crippen LogP contribution in [-0.4, -0.2) is 29.8 Å². The number of hydrogen-bond donors (Lipinski definition) is 1. The Morgan fingerprint density at radius 1 is 0.933 bits per heavy atom. The summed E-state index contributed by atoms with van der Waals surface area (Å²) in [5.74, 6) is -0.945. The molecule has 1 heterocycles. The molecule has 4 rings (SSSR count). The third kappa shape index (κ3) is 3.67. The number of methoxy groups -OCH3 is 1. The lowest BCUT2D eigenvalue weighted by molar-refractivity contribution is -0.120. The highest BCUT2D eigenvalue weighted by atomic mass is 16.5. The Labute approximate surface area is 174 Å². The van der Waals surface area contributed by atoms with Crippen LogP contribution < -0.4 is 5.32 Å². The van der Waals surface area contributed by atoms with E-state index < -0.39 is 12.0 Å². The number of nitrogens with zero attached hydrogens (tertiary/aromatic N) is 1. The van der Waals surface area contributed by atoms with Gasteiger partial charge in [-0.2, -0.15) is 0 Å². The molecule has 1 aliphatic rings. The number of nitrogens with one attached hydrogen (secondary N) is 1. The summed E-state index contributed by atoms with van der Waals surface area (Å²) < 4.78 is 4.69. The van der Waals surface area contributed by atoms with Gasteiger partial charge in [-0.1, -0.05) is 48.5 Å². The van der Waals surface area contributed by atoms with E-state index in [-0.39, 0.29) is 11.8 Å². The number of esters is 1. The van der Waals surface area contributed by atoms with Crippen molar-refractivity contribution in [1.29, 1.82) is 0 Å². The van der Waals surface area contributed by atoms with Crippen LogP contribution in [0.25, 0.3) is 0 Å². The van der Waals surface area contributed by atoms with Gasteiger partial charge in [-0.15, -0.1) is 0 Å². The van der Waals surface area contributed by atoms with Gasteiger partial charge >= 0.3 is 5.97 Å². The largest absolute Gasteiger partial charge is 0.465 e. The molecule has 0 radical (unpaired) electrons. The van der Waals surface area contributed by atoms with Crippen LogP contribution in [0, 0.1) is 0 Å². The molecule has 1 aliphatic heterocycles. The summed E-state index contributed by atoms with van der Waals surface area (Å²) in [5, 5.41) is 2.86. The van der Waals surface area contributed by atoms with Crippen molar-refractivity contribution in [1.82, 2.24) is 4.90 Å². The average molecular weight is 400 g/mol. The minimum Gasteiger partial charge on any atom is -0.465 e. The van der Waals surface area contributed by atoms with Crippen LogP contribution in [0.5, 0.6) is 0 Å². The molecular formula is C24H20N2O4. The van der Waals surface area contributed by atoms with Gasteiger partial charge < -0.3 is 15.0 Å². The van der Waals surface area contributed by atoms with Gasteiger partial charge in [0, 0.05) is 17.8 Å². The normalized spacial score (nSPS) is 13.5. The Balaban J connectivity index is 1.62. The van der Waals surface area contributed by atoms with Gasteiger partial charge in [0.1, 0.15) is 6.04 Å². The van der Waals surface area contributed by atoms with Crippen molar-refractivity contribution in [3.63, 3.8) is 0 Å². The molecule has 6 heteroatoms. The predicted octanol–water partition coefficient (Wildman–Crippen LogP) is 3.81. The molecule has 0 saturated heterocycles. The highest BCUT2D eigenvalue weighted by Crippen LogP contribution is 2.32. The second-order valence-corrected chi connectivity index (χ2v) is 6.96. The molecule has 6 nitrogen and oxygen atoms in total. The molecule has 0 saturated carbocycles. The van der Waals surface area contributed by atoms with Crippen molar-refractivity contribution in [2.24, 2.45) is 0 Å². The van der Waals surface area contributed by atoms with Crippen LogP contribution >= 0.6 is 0 Å². The van der Waals surface area contributed by atoms with Gasteiger partial charge in [0.15, 0.2) is 0 Å². The molecule has 0 aromatic heterocycles. The molecule has 0 spiro atoms. The molecule has 0 aliphatic carbocycles. The van der Waals surface area contributed by atoms with Crippen LogP contribution in [0.2, 0.25) is 0 Å². The van der Waals surface area contributed by atoms with Gasteiger partial charge in [0.25, 0.3) is 11.8 Å². The van der Waals surface area contributed by atoms with Crippen molar-refractivity contribution in [3.05, 3.63) is 101 Å². The van der Waals surface area contributed by atoms with E-state index in [0.717, 1.165) is 11.1 Å². The lowest BCUT2D eigenvalue weighted by atomic mass is 10.0. The van der Waals surface area contributed by atoms with Crippen molar-refractivity contribution < 1.29 is 19.1 Å². The zero-order valence-corrected chi connectivity index (χ0v) is 16.4. The lowest BCUT2D eigenvalue weighted by Gasteiger charge is -2.27. The molecule has 150 valence electrons. The molecule has 3 aromatic rings. The molecule has 0 bridgehead atoms. The number of ether oxygens (including phenoxy) is 1. The number of benzene rings is 3. The summed E-state index contributed by atoms with van der Waals surface area (Å²) >= 11 is 0. The molecular weight excluding hydrogens is 380 g/mol. The smallest absolute Gasteiger partial charge is 0.337 e. The minimum atomic E-state index is -0.786. The summed E-state index contributed by atoms with van der Waals surface area (Å²) in [6.07, 6.45) is 0. The van der Waals surface area contributed by atoms with E-state index in [0.29, 0.717) is 23.4 Å². The molecule has 1 atom stereocenters. The van der Waals surface area contributed by atoms with E-state index in [4.69, 9.17) is 4.74 Å². The van der Waals surface area contributed by atoms with Crippen molar-refractivity contribution in [2.45, 2.75) is 12.6 Å². The Kier molecular flexibility index (Phi) is 5.30. The maximum atomic E-state index is 13.3. The van der Waals surface area contributed by atoms with Gasteiger partial charge in [-0.25, -0.2) is 4.79 Å². The molecule has 2 amide bonds. The number of rotatable bonds is 5. The molecule has 0 fully saturated rings. The number of fused-ring (bicyclic) bond motifs is 1. The first-order valence-electron chi connectivity index (χ1n) is 9.51. The monoisotopic (exact) mass is 400 g/mol. The first-order chi connectivity index (χ1) is 14.6. The number of anilines is 1. The predicted molar refractivity (Wildman–Crippen MR) is 112 cm³/mol. The Morgan fingerprint density at radius 3 is 2.27 bits per heavy atom. The highest BCUT2D eigenvalue weighted by Gasteiger charge is 2.37. The van der Waals surface area contributed by atoms with Crippen molar-refractivity contribution in [3.8, 4) is 0 Å². The van der Waals surface area contributed by atoms with E-state index in [9.17, 15) is 14.4 Å². The third-order valence-electron chi connectivity index (χ3n) is 5.10. The highest BCUT2D eigenvalue weighted by molar-refractivity contribution is 6.04. The zero-order chi connectivity index (χ0) is 21.1. The summed E-state index contributed by atoms with van der Waals surface area (Å²) in [4.78, 5) is 39.5. The second kappa shape index (κ2) is 8.21. The third-order valence-corrected chi connectivity index (χ3v) is 5.10. The fraction of sp³-hybridized carbons (Fsp3) is 0.125. The maximum Gasteiger partial charge on any atom is 0.337 e. The molecule has 3 aromatic carbocycles. The van der Waals surface area contributed by atoms with Gasteiger partial charge in [-0.3, -0.25) is 9.59 Å². The van der Waals surface area contributed by atoms with E-state index in [1.807, 2.05) is 48.5 Å². The topological polar surface area (TPSA) is 75.7 Å². The second-order valence-electron chi connectivity index (χ2n) is 6.96.